The molecule has 0 spiro atoms. The average Bonchev–Trinajstić information content (AvgIpc) is 2.52. The molecule has 1 heterocycles. The van der Waals surface area contributed by atoms with Gasteiger partial charge in [-0.3, -0.25) is 9.59 Å². The first kappa shape index (κ1) is 18.8. The van der Waals surface area contributed by atoms with E-state index in [-0.39, 0.29) is 11.8 Å². The van der Waals surface area contributed by atoms with Crippen LogP contribution in [0.5, 0.6) is 0 Å². The van der Waals surface area contributed by atoms with Crippen molar-refractivity contribution in [2.24, 2.45) is 5.92 Å². The molecular weight excluding hydrogens is 284 g/mol. The molecule has 128 valence electrons. The lowest BCUT2D eigenvalue weighted by molar-refractivity contribution is -0.134. The Balaban J connectivity index is 2.31. The first-order valence-electron chi connectivity index (χ1n) is 8.10. The zero-order valence-electron chi connectivity index (χ0n) is 13.5. The van der Waals surface area contributed by atoms with Crippen molar-refractivity contribution in [3.8, 4) is 0 Å². The number of carbonyl (C=O) groups is 2. The molecule has 0 aromatic heterocycles. The Kier molecular flexibility index (Phi) is 10.6. The third-order valence-electron chi connectivity index (χ3n) is 3.42. The molecule has 6 N–H and O–H groups in total. The van der Waals surface area contributed by atoms with Crippen LogP contribution in [0, 0.1) is 5.92 Å². The summed E-state index contributed by atoms with van der Waals surface area (Å²) in [5.41, 5.74) is 0. The lowest BCUT2D eigenvalue weighted by Crippen LogP contribution is -2.43. The highest BCUT2D eigenvalue weighted by molar-refractivity contribution is 5.99. The van der Waals surface area contributed by atoms with E-state index in [2.05, 4.69) is 31.9 Å². The van der Waals surface area contributed by atoms with Crippen molar-refractivity contribution in [2.45, 2.75) is 6.92 Å². The lowest BCUT2D eigenvalue weighted by atomic mass is 10.1. The fourth-order valence-electron chi connectivity index (χ4n) is 2.00. The summed E-state index contributed by atoms with van der Waals surface area (Å²) in [5, 5.41) is 18.7. The van der Waals surface area contributed by atoms with Gasteiger partial charge in [0, 0.05) is 65.4 Å². The number of carbonyl (C=O) groups excluding carboxylic acids is 2. The smallest absolute Gasteiger partial charge is 0.232 e. The van der Waals surface area contributed by atoms with Crippen molar-refractivity contribution in [2.75, 3.05) is 65.4 Å². The third kappa shape index (κ3) is 8.93. The first-order chi connectivity index (χ1) is 10.7. The van der Waals surface area contributed by atoms with Crippen LogP contribution in [-0.4, -0.2) is 77.3 Å². The number of hydrogen-bond acceptors (Lipinski definition) is 6. The molecule has 8 nitrogen and oxygen atoms in total. The molecule has 0 radical (unpaired) electrons. The van der Waals surface area contributed by atoms with Gasteiger partial charge < -0.3 is 31.9 Å². The van der Waals surface area contributed by atoms with Crippen molar-refractivity contribution in [3.05, 3.63) is 0 Å². The Morgan fingerprint density at radius 2 is 0.864 bits per heavy atom. The van der Waals surface area contributed by atoms with Gasteiger partial charge >= 0.3 is 0 Å². The van der Waals surface area contributed by atoms with Crippen LogP contribution in [0.15, 0.2) is 0 Å². The number of rotatable bonds is 0. The van der Waals surface area contributed by atoms with E-state index >= 15 is 0 Å². The Morgan fingerprint density at radius 3 is 1.18 bits per heavy atom. The van der Waals surface area contributed by atoms with E-state index in [1.54, 1.807) is 6.92 Å². The van der Waals surface area contributed by atoms with Gasteiger partial charge in [-0.15, -0.1) is 0 Å². The van der Waals surface area contributed by atoms with E-state index in [0.717, 1.165) is 39.3 Å². The van der Waals surface area contributed by atoms with Crippen LogP contribution in [0.2, 0.25) is 0 Å². The minimum absolute atomic E-state index is 0.229. The fraction of sp³-hybridized carbons (Fsp3) is 0.857. The van der Waals surface area contributed by atoms with Gasteiger partial charge in [0.15, 0.2) is 0 Å². The highest BCUT2D eigenvalue weighted by atomic mass is 16.2. The molecular formula is C14H30N6O2. The van der Waals surface area contributed by atoms with Gasteiger partial charge in [-0.1, -0.05) is 0 Å². The minimum atomic E-state index is -0.662. The summed E-state index contributed by atoms with van der Waals surface area (Å²) in [4.78, 5) is 23.7. The van der Waals surface area contributed by atoms with E-state index in [4.69, 9.17) is 0 Å². The molecule has 8 heteroatoms. The van der Waals surface area contributed by atoms with Crippen LogP contribution in [0.3, 0.4) is 0 Å². The molecule has 1 aliphatic rings. The molecule has 1 saturated heterocycles. The molecule has 1 rings (SSSR count). The van der Waals surface area contributed by atoms with E-state index in [1.165, 1.54) is 0 Å². The van der Waals surface area contributed by atoms with Crippen LogP contribution in [0.25, 0.3) is 0 Å². The summed E-state index contributed by atoms with van der Waals surface area (Å²) in [6.45, 7) is 9.45. The summed E-state index contributed by atoms with van der Waals surface area (Å²) in [5.74, 6) is -1.12. The third-order valence-corrected chi connectivity index (χ3v) is 3.42. The summed E-state index contributed by atoms with van der Waals surface area (Å²) < 4.78 is 0. The molecule has 0 aromatic carbocycles. The standard InChI is InChI=1S/C14H30N6O2/c1-12-13(21)19-10-8-17-6-4-15-2-3-16-5-7-18-9-11-20-14(12)22/h12,15-18H,2-11H2,1H3,(H,19,21)(H,20,22). The monoisotopic (exact) mass is 314 g/mol. The van der Waals surface area contributed by atoms with Crippen molar-refractivity contribution < 1.29 is 9.59 Å². The van der Waals surface area contributed by atoms with E-state index in [9.17, 15) is 9.59 Å². The largest absolute Gasteiger partial charge is 0.354 e. The van der Waals surface area contributed by atoms with Gasteiger partial charge in [0.05, 0.1) is 0 Å². The maximum Gasteiger partial charge on any atom is 0.232 e. The highest BCUT2D eigenvalue weighted by Gasteiger charge is 2.20. The van der Waals surface area contributed by atoms with Crippen LogP contribution < -0.4 is 31.9 Å². The van der Waals surface area contributed by atoms with Crippen molar-refractivity contribution in [1.29, 1.82) is 0 Å². The molecule has 0 bridgehead atoms. The zero-order chi connectivity index (χ0) is 16.0. The predicted molar refractivity (Wildman–Crippen MR) is 86.7 cm³/mol. The summed E-state index contributed by atoms with van der Waals surface area (Å²) in [7, 11) is 0. The van der Waals surface area contributed by atoms with Crippen LogP contribution in [-0.2, 0) is 9.59 Å². The van der Waals surface area contributed by atoms with E-state index in [1.807, 2.05) is 0 Å². The fourth-order valence-corrected chi connectivity index (χ4v) is 2.00. The molecule has 0 aromatic rings. The van der Waals surface area contributed by atoms with Crippen LogP contribution >= 0.6 is 0 Å². The lowest BCUT2D eigenvalue weighted by Gasteiger charge is -2.13. The second-order valence-electron chi connectivity index (χ2n) is 5.30. The highest BCUT2D eigenvalue weighted by Crippen LogP contribution is 1.94. The molecule has 0 unspecified atom stereocenters. The number of amides is 2. The Hall–Kier alpha value is -1.22. The van der Waals surface area contributed by atoms with Crippen molar-refractivity contribution >= 4 is 11.8 Å². The van der Waals surface area contributed by atoms with Crippen molar-refractivity contribution in [1.82, 2.24) is 31.9 Å². The topological polar surface area (TPSA) is 106 Å². The molecule has 0 atom stereocenters. The molecule has 0 saturated carbocycles. The van der Waals surface area contributed by atoms with E-state index < -0.39 is 5.92 Å². The molecule has 1 fully saturated rings. The maximum absolute atomic E-state index is 11.8. The van der Waals surface area contributed by atoms with Gasteiger partial charge in [0.2, 0.25) is 11.8 Å². The minimum Gasteiger partial charge on any atom is -0.354 e. The predicted octanol–water partition coefficient (Wildman–Crippen LogP) is -2.77. The normalized spacial score (nSPS) is 22.8. The van der Waals surface area contributed by atoms with Gasteiger partial charge in [0.1, 0.15) is 5.92 Å². The second-order valence-corrected chi connectivity index (χ2v) is 5.30. The quantitative estimate of drug-likeness (QED) is 0.270. The summed E-state index contributed by atoms with van der Waals surface area (Å²) >= 11 is 0. The molecule has 1 aliphatic heterocycles. The molecule has 22 heavy (non-hydrogen) atoms. The Morgan fingerprint density at radius 1 is 0.591 bits per heavy atom. The van der Waals surface area contributed by atoms with Gasteiger partial charge in [-0.2, -0.15) is 0 Å². The second kappa shape index (κ2) is 12.3. The Labute approximate surface area is 132 Å². The van der Waals surface area contributed by atoms with Gasteiger partial charge in [-0.25, -0.2) is 0 Å². The maximum atomic E-state index is 11.8. The first-order valence-corrected chi connectivity index (χ1v) is 8.10. The van der Waals surface area contributed by atoms with Crippen LogP contribution in [0.1, 0.15) is 6.92 Å². The van der Waals surface area contributed by atoms with Gasteiger partial charge in [-0.05, 0) is 6.92 Å². The van der Waals surface area contributed by atoms with Crippen LogP contribution in [0.4, 0.5) is 0 Å². The molecule has 2 amide bonds. The summed E-state index contributed by atoms with van der Waals surface area (Å²) in [6, 6.07) is 0. The average molecular weight is 314 g/mol. The zero-order valence-corrected chi connectivity index (χ0v) is 13.5. The number of nitrogens with one attached hydrogen (secondary N) is 6. The van der Waals surface area contributed by atoms with Crippen molar-refractivity contribution in [3.63, 3.8) is 0 Å². The number of hydrogen-bond donors (Lipinski definition) is 6. The van der Waals surface area contributed by atoms with E-state index in [0.29, 0.717) is 26.2 Å². The SMILES string of the molecule is CC1C(=O)NCCNCCNCCNCCNCCNC1=O. The van der Waals surface area contributed by atoms with Gasteiger partial charge in [0.25, 0.3) is 0 Å². The summed E-state index contributed by atoms with van der Waals surface area (Å²) in [6.07, 6.45) is 0. The molecule has 0 aliphatic carbocycles. The Bertz CT molecular complexity index is 296.